The molecular formula is C11H16O. The minimum Gasteiger partial charge on any atom is -0.295 e. The van der Waals surface area contributed by atoms with Gasteiger partial charge in [0.2, 0.25) is 0 Å². The van der Waals surface area contributed by atoms with Crippen molar-refractivity contribution >= 4 is 5.78 Å². The fraction of sp³-hybridized carbons (Fsp3) is 0.727. The summed E-state index contributed by atoms with van der Waals surface area (Å²) in [6.45, 7) is 2.29. The average molecular weight is 164 g/mol. The topological polar surface area (TPSA) is 17.1 Å². The molecule has 2 rings (SSSR count). The molecule has 0 radical (unpaired) electrons. The van der Waals surface area contributed by atoms with Crippen LogP contribution in [0, 0.1) is 5.92 Å². The van der Waals surface area contributed by atoms with Crippen molar-refractivity contribution in [2.75, 3.05) is 0 Å². The van der Waals surface area contributed by atoms with E-state index in [1.54, 1.807) is 0 Å². The molecule has 2 aliphatic carbocycles. The summed E-state index contributed by atoms with van der Waals surface area (Å²) in [7, 11) is 0. The SMILES string of the molecule is CC1CCC/C(=C2\CCC2=O)C1. The minimum atomic E-state index is 0.430. The van der Waals surface area contributed by atoms with Gasteiger partial charge in [-0.2, -0.15) is 0 Å². The predicted octanol–water partition coefficient (Wildman–Crippen LogP) is 2.86. The van der Waals surface area contributed by atoms with Crippen LogP contribution in [0.5, 0.6) is 0 Å². The van der Waals surface area contributed by atoms with Gasteiger partial charge in [0.25, 0.3) is 0 Å². The largest absolute Gasteiger partial charge is 0.295 e. The highest BCUT2D eigenvalue weighted by Gasteiger charge is 2.26. The van der Waals surface area contributed by atoms with Gasteiger partial charge in [-0.25, -0.2) is 0 Å². The molecule has 1 nitrogen and oxygen atoms in total. The molecule has 0 aromatic carbocycles. The summed E-state index contributed by atoms with van der Waals surface area (Å²) in [5.74, 6) is 1.24. The first kappa shape index (κ1) is 8.03. The Morgan fingerprint density at radius 1 is 1.25 bits per heavy atom. The predicted molar refractivity (Wildman–Crippen MR) is 48.9 cm³/mol. The van der Waals surface area contributed by atoms with Crippen molar-refractivity contribution in [1.82, 2.24) is 0 Å². The van der Waals surface area contributed by atoms with Gasteiger partial charge in [-0.05, 0) is 37.2 Å². The van der Waals surface area contributed by atoms with Gasteiger partial charge < -0.3 is 0 Å². The average Bonchev–Trinajstić information content (AvgIpc) is 2.02. The second kappa shape index (κ2) is 3.04. The van der Waals surface area contributed by atoms with Crippen LogP contribution in [0.1, 0.15) is 45.4 Å². The van der Waals surface area contributed by atoms with E-state index in [1.165, 1.54) is 36.8 Å². The zero-order chi connectivity index (χ0) is 8.55. The van der Waals surface area contributed by atoms with Gasteiger partial charge in [-0.15, -0.1) is 0 Å². The van der Waals surface area contributed by atoms with Gasteiger partial charge in [-0.1, -0.05) is 18.9 Å². The molecule has 12 heavy (non-hydrogen) atoms. The van der Waals surface area contributed by atoms with Crippen LogP contribution >= 0.6 is 0 Å². The standard InChI is InChI=1S/C11H16O/c1-8-3-2-4-9(7-8)10-5-6-11(10)12/h8H,2-7H2,1H3/b10-9-. The van der Waals surface area contributed by atoms with Crippen LogP contribution < -0.4 is 0 Å². The van der Waals surface area contributed by atoms with Crippen molar-refractivity contribution in [3.63, 3.8) is 0 Å². The number of allylic oxidation sites excluding steroid dienone is 2. The molecule has 0 aliphatic heterocycles. The fourth-order valence-electron chi connectivity index (χ4n) is 2.29. The van der Waals surface area contributed by atoms with E-state index in [1.807, 2.05) is 0 Å². The van der Waals surface area contributed by atoms with Crippen LogP contribution in [0.2, 0.25) is 0 Å². The van der Waals surface area contributed by atoms with Crippen LogP contribution in [0.4, 0.5) is 0 Å². The van der Waals surface area contributed by atoms with E-state index >= 15 is 0 Å². The summed E-state index contributed by atoms with van der Waals surface area (Å²) in [5.41, 5.74) is 2.69. The van der Waals surface area contributed by atoms with Crippen LogP contribution in [-0.2, 0) is 4.79 Å². The summed E-state index contributed by atoms with van der Waals surface area (Å²) in [6, 6.07) is 0. The molecule has 0 aromatic rings. The van der Waals surface area contributed by atoms with Crippen LogP contribution in [0.25, 0.3) is 0 Å². The molecule has 2 fully saturated rings. The summed E-state index contributed by atoms with van der Waals surface area (Å²) >= 11 is 0. The Kier molecular flexibility index (Phi) is 2.03. The molecule has 66 valence electrons. The zero-order valence-corrected chi connectivity index (χ0v) is 7.73. The molecular weight excluding hydrogens is 148 g/mol. The number of carbonyl (C=O) groups excluding carboxylic acids is 1. The third-order valence-corrected chi connectivity index (χ3v) is 3.14. The number of hydrogen-bond acceptors (Lipinski definition) is 1. The van der Waals surface area contributed by atoms with E-state index in [9.17, 15) is 4.79 Å². The molecule has 1 unspecified atom stereocenters. The van der Waals surface area contributed by atoms with Crippen LogP contribution in [0.15, 0.2) is 11.1 Å². The highest BCUT2D eigenvalue weighted by molar-refractivity contribution is 6.02. The molecule has 2 saturated carbocycles. The van der Waals surface area contributed by atoms with E-state index in [0.717, 1.165) is 18.8 Å². The molecule has 0 bridgehead atoms. The van der Waals surface area contributed by atoms with Crippen molar-refractivity contribution in [3.05, 3.63) is 11.1 Å². The molecule has 0 amide bonds. The zero-order valence-electron chi connectivity index (χ0n) is 7.73. The van der Waals surface area contributed by atoms with E-state index in [4.69, 9.17) is 0 Å². The number of ketones is 1. The van der Waals surface area contributed by atoms with E-state index < -0.39 is 0 Å². The van der Waals surface area contributed by atoms with E-state index in [0.29, 0.717) is 5.78 Å². The van der Waals surface area contributed by atoms with Gasteiger partial charge in [0.15, 0.2) is 5.78 Å². The first-order valence-electron chi connectivity index (χ1n) is 5.01. The van der Waals surface area contributed by atoms with Gasteiger partial charge in [0.05, 0.1) is 0 Å². The first-order chi connectivity index (χ1) is 5.77. The lowest BCUT2D eigenvalue weighted by Crippen LogP contribution is -2.19. The summed E-state index contributed by atoms with van der Waals surface area (Å²) in [5, 5.41) is 0. The van der Waals surface area contributed by atoms with E-state index in [2.05, 4.69) is 6.92 Å². The summed E-state index contributed by atoms with van der Waals surface area (Å²) in [4.78, 5) is 11.2. The third kappa shape index (κ3) is 1.33. The molecule has 0 aromatic heterocycles. The normalized spacial score (nSPS) is 36.4. The molecule has 0 spiro atoms. The number of rotatable bonds is 0. The quantitative estimate of drug-likeness (QED) is 0.503. The Morgan fingerprint density at radius 3 is 2.58 bits per heavy atom. The second-order valence-corrected chi connectivity index (χ2v) is 4.21. The van der Waals surface area contributed by atoms with Crippen LogP contribution in [-0.4, -0.2) is 5.78 Å². The molecule has 0 saturated heterocycles. The molecule has 0 N–H and O–H groups in total. The molecule has 0 heterocycles. The lowest BCUT2D eigenvalue weighted by Gasteiger charge is -2.27. The second-order valence-electron chi connectivity index (χ2n) is 4.21. The Morgan fingerprint density at radius 2 is 2.08 bits per heavy atom. The van der Waals surface area contributed by atoms with Gasteiger partial charge in [0.1, 0.15) is 0 Å². The Bertz CT molecular complexity index is 237. The number of carbonyl (C=O) groups is 1. The summed E-state index contributed by atoms with van der Waals surface area (Å²) in [6.07, 6.45) is 6.93. The van der Waals surface area contributed by atoms with Gasteiger partial charge in [-0.3, -0.25) is 4.79 Å². The molecule has 2 aliphatic rings. The maximum atomic E-state index is 11.2. The van der Waals surface area contributed by atoms with Gasteiger partial charge >= 0.3 is 0 Å². The Labute approximate surface area is 73.8 Å². The van der Waals surface area contributed by atoms with Crippen molar-refractivity contribution in [2.45, 2.75) is 45.4 Å². The summed E-state index contributed by atoms with van der Waals surface area (Å²) < 4.78 is 0. The maximum Gasteiger partial charge on any atom is 0.159 e. The first-order valence-corrected chi connectivity index (χ1v) is 5.01. The number of hydrogen-bond donors (Lipinski definition) is 0. The Hall–Kier alpha value is -0.590. The Balaban J connectivity index is 2.11. The van der Waals surface area contributed by atoms with Crippen molar-refractivity contribution in [2.24, 2.45) is 5.92 Å². The van der Waals surface area contributed by atoms with Crippen molar-refractivity contribution in [3.8, 4) is 0 Å². The van der Waals surface area contributed by atoms with Crippen molar-refractivity contribution in [1.29, 1.82) is 0 Å². The van der Waals surface area contributed by atoms with Gasteiger partial charge in [0, 0.05) is 6.42 Å². The lowest BCUT2D eigenvalue weighted by molar-refractivity contribution is -0.118. The minimum absolute atomic E-state index is 0.430. The third-order valence-electron chi connectivity index (χ3n) is 3.14. The smallest absolute Gasteiger partial charge is 0.159 e. The monoisotopic (exact) mass is 164 g/mol. The molecule has 1 heteroatoms. The lowest BCUT2D eigenvalue weighted by atomic mass is 9.78. The highest BCUT2D eigenvalue weighted by atomic mass is 16.1. The van der Waals surface area contributed by atoms with Crippen LogP contribution in [0.3, 0.4) is 0 Å². The maximum absolute atomic E-state index is 11.2. The highest BCUT2D eigenvalue weighted by Crippen LogP contribution is 2.35. The van der Waals surface area contributed by atoms with Crippen molar-refractivity contribution < 1.29 is 4.79 Å². The molecule has 1 atom stereocenters. The van der Waals surface area contributed by atoms with E-state index in [-0.39, 0.29) is 0 Å². The fourth-order valence-corrected chi connectivity index (χ4v) is 2.29. The number of Topliss-reactive ketones (excluding diaryl/α,β-unsaturated/α-hetero) is 1.